The Morgan fingerprint density at radius 3 is 1.18 bits per heavy atom. The summed E-state index contributed by atoms with van der Waals surface area (Å²) in [4.78, 5) is 63.9. The predicted octanol–water partition coefficient (Wildman–Crippen LogP) is 12.7. The number of carbonyl (C=O) groups excluding carboxylic acids is 4. The number of rotatable bonds is 10. The maximum absolute atomic E-state index is 14.9. The molecule has 8 fully saturated rings. The smallest absolute Gasteiger partial charge is 0.261 e. The Morgan fingerprint density at radius 2 is 0.817 bits per heavy atom. The van der Waals surface area contributed by atoms with E-state index >= 15 is 0 Å². The van der Waals surface area contributed by atoms with Crippen molar-refractivity contribution in [3.63, 3.8) is 0 Å². The highest BCUT2D eigenvalue weighted by Gasteiger charge is 2.53. The van der Waals surface area contributed by atoms with Crippen molar-refractivity contribution in [3.8, 4) is 0 Å². The Hall–Kier alpha value is -3.62. The first-order chi connectivity index (χ1) is 29.1. The fourth-order valence-electron chi connectivity index (χ4n) is 15.5. The minimum absolute atomic E-state index is 0.119. The summed E-state index contributed by atoms with van der Waals surface area (Å²) >= 11 is 4.09. The number of benzene rings is 5. The molecule has 2 heterocycles. The van der Waals surface area contributed by atoms with Crippen molar-refractivity contribution in [1.29, 1.82) is 0 Å². The van der Waals surface area contributed by atoms with Crippen molar-refractivity contribution in [1.82, 2.24) is 9.80 Å². The molecule has 0 saturated heterocycles. The molecule has 8 heteroatoms. The Morgan fingerprint density at radius 1 is 0.467 bits per heavy atom. The van der Waals surface area contributed by atoms with Crippen molar-refractivity contribution in [2.75, 3.05) is 13.1 Å². The molecule has 8 saturated carbocycles. The monoisotopic (exact) mass is 834 g/mol. The van der Waals surface area contributed by atoms with Gasteiger partial charge in [0.1, 0.15) is 0 Å². The lowest BCUT2D eigenvalue weighted by atomic mass is 9.56. The second-order valence-electron chi connectivity index (χ2n) is 21.1. The number of thioether (sulfide) groups is 2. The van der Waals surface area contributed by atoms with Gasteiger partial charge >= 0.3 is 0 Å². The molecule has 60 heavy (non-hydrogen) atoms. The Kier molecular flexibility index (Phi) is 7.99. The minimum Gasteiger partial charge on any atom is -0.274 e. The summed E-state index contributed by atoms with van der Waals surface area (Å²) in [5.74, 6) is 3.91. The second kappa shape index (κ2) is 13.0. The topological polar surface area (TPSA) is 74.8 Å². The van der Waals surface area contributed by atoms with E-state index in [0.717, 1.165) is 114 Å². The lowest BCUT2D eigenvalue weighted by molar-refractivity contribution is 0.0382. The third-order valence-electron chi connectivity index (χ3n) is 17.0. The SMILES string of the molecule is CCCCN1C(=O)c2ccc3c4c(SC56CC7CC(CC(C7)C5)C6)cc5c6c(cc(SC78CC9CC(CC(C9)C7)C8)c(c7ccc(c2c37)C1=O)c64)C(=O)N(CCCC)C5=O. The van der Waals surface area contributed by atoms with Crippen LogP contribution in [0.5, 0.6) is 0 Å². The average Bonchev–Trinajstić information content (AvgIpc) is 3.20. The molecule has 0 spiro atoms. The van der Waals surface area contributed by atoms with Gasteiger partial charge in [0.05, 0.1) is 0 Å². The number of hydrogen-bond acceptors (Lipinski definition) is 6. The van der Waals surface area contributed by atoms with Gasteiger partial charge in [-0.25, -0.2) is 0 Å². The minimum atomic E-state index is -0.199. The molecule has 308 valence electrons. The first-order valence-electron chi connectivity index (χ1n) is 23.5. The number of fused-ring (bicyclic) bond motifs is 2. The lowest BCUT2D eigenvalue weighted by Gasteiger charge is -2.56. The van der Waals surface area contributed by atoms with Crippen LogP contribution >= 0.6 is 23.5 Å². The summed E-state index contributed by atoms with van der Waals surface area (Å²) in [7, 11) is 0. The van der Waals surface area contributed by atoms with Crippen LogP contribution in [0.2, 0.25) is 0 Å². The Bertz CT molecular complexity index is 2530. The molecule has 0 N–H and O–H groups in total. The van der Waals surface area contributed by atoms with E-state index in [1.54, 1.807) is 4.90 Å². The Balaban J connectivity index is 1.13. The zero-order valence-electron chi connectivity index (χ0n) is 35.0. The zero-order chi connectivity index (χ0) is 40.4. The standard InChI is InChI=1S/C52H54N2O4S2/c1-3-5-11-53-47(55)35-9-7-33-41-34(8-10-36(42(35)41)48(53)56)45-40(60-52-24-30-16-31(25-52)18-32(17-30)26-52)20-38-43-37(49(57)54(50(38)58)12-6-4-2)19-39(44(33)46(43)45)59-51-21-27-13-28(22-51)15-29(14-27)23-51/h7-10,19-20,27-32H,3-6,11-18,21-26H2,1-2H3. The van der Waals surface area contributed by atoms with Gasteiger partial charge in [0.15, 0.2) is 0 Å². The van der Waals surface area contributed by atoms with Crippen LogP contribution in [-0.4, -0.2) is 56.0 Å². The first-order valence-corrected chi connectivity index (χ1v) is 25.2. The first kappa shape index (κ1) is 37.0. The molecular formula is C52H54N2O4S2. The van der Waals surface area contributed by atoms with Crippen molar-refractivity contribution in [3.05, 3.63) is 58.7 Å². The third-order valence-corrected chi connectivity index (χ3v) is 20.0. The van der Waals surface area contributed by atoms with Crippen molar-refractivity contribution in [2.45, 2.75) is 136 Å². The quantitative estimate of drug-likeness (QED) is 0.0792. The summed E-state index contributed by atoms with van der Waals surface area (Å²) in [5, 5.41) is 7.94. The van der Waals surface area contributed by atoms with E-state index in [2.05, 4.69) is 38.1 Å². The molecule has 5 aromatic rings. The van der Waals surface area contributed by atoms with Crippen LogP contribution in [-0.2, 0) is 0 Å². The molecular weight excluding hydrogens is 781 g/mol. The predicted molar refractivity (Wildman–Crippen MR) is 242 cm³/mol. The number of imide groups is 2. The molecule has 2 aliphatic heterocycles. The van der Waals surface area contributed by atoms with Gasteiger partial charge in [-0.15, -0.1) is 23.5 Å². The molecule has 0 atom stereocenters. The van der Waals surface area contributed by atoms with Crippen LogP contribution in [0, 0.1) is 35.5 Å². The van der Waals surface area contributed by atoms with E-state index in [9.17, 15) is 19.2 Å². The summed E-state index contributed by atoms with van der Waals surface area (Å²) in [6, 6.07) is 12.6. The highest BCUT2D eigenvalue weighted by atomic mass is 32.2. The number of nitrogens with zero attached hydrogens (tertiary/aromatic N) is 2. The summed E-state index contributed by atoms with van der Waals surface area (Å²) in [6.07, 6.45) is 18.8. The van der Waals surface area contributed by atoms with E-state index in [-0.39, 0.29) is 33.1 Å². The van der Waals surface area contributed by atoms with Gasteiger partial charge in [-0.05, 0) is 166 Å². The van der Waals surface area contributed by atoms with Crippen LogP contribution < -0.4 is 0 Å². The molecule has 0 radical (unpaired) electrons. The molecule has 8 bridgehead atoms. The average molecular weight is 835 g/mol. The molecule has 10 aliphatic rings. The van der Waals surface area contributed by atoms with Gasteiger partial charge in [-0.2, -0.15) is 0 Å². The highest BCUT2D eigenvalue weighted by Crippen LogP contribution is 2.65. The van der Waals surface area contributed by atoms with Gasteiger partial charge < -0.3 is 0 Å². The van der Waals surface area contributed by atoms with Gasteiger partial charge in [0.25, 0.3) is 23.6 Å². The van der Waals surface area contributed by atoms with Gasteiger partial charge in [-0.3, -0.25) is 29.0 Å². The molecule has 15 rings (SSSR count). The maximum atomic E-state index is 14.9. The van der Waals surface area contributed by atoms with Crippen LogP contribution in [0.25, 0.3) is 43.1 Å². The number of unbranched alkanes of at least 4 members (excludes halogenated alkanes) is 2. The van der Waals surface area contributed by atoms with Gasteiger partial charge in [0.2, 0.25) is 0 Å². The van der Waals surface area contributed by atoms with Crippen molar-refractivity contribution < 1.29 is 19.2 Å². The number of hydrogen-bond donors (Lipinski definition) is 0. The Labute approximate surface area is 360 Å². The van der Waals surface area contributed by atoms with Gasteiger partial charge in [-0.1, -0.05) is 38.8 Å². The van der Waals surface area contributed by atoms with E-state index in [4.69, 9.17) is 0 Å². The molecule has 5 aromatic carbocycles. The van der Waals surface area contributed by atoms with Crippen molar-refractivity contribution in [2.24, 2.45) is 35.5 Å². The van der Waals surface area contributed by atoms with Crippen LogP contribution in [0.1, 0.15) is 158 Å². The largest absolute Gasteiger partial charge is 0.274 e. The molecule has 6 nitrogen and oxygen atoms in total. The molecule has 0 unspecified atom stereocenters. The second-order valence-corrected chi connectivity index (χ2v) is 24.1. The zero-order valence-corrected chi connectivity index (χ0v) is 36.6. The van der Waals surface area contributed by atoms with E-state index in [0.29, 0.717) is 35.3 Å². The van der Waals surface area contributed by atoms with Crippen LogP contribution in [0.15, 0.2) is 46.2 Å². The molecule has 4 amide bonds. The fraction of sp³-hybridized carbons (Fsp3) is 0.538. The molecule has 0 aromatic heterocycles. The molecule has 8 aliphatic carbocycles. The number of carbonyl (C=O) groups is 4. The summed E-state index contributed by atoms with van der Waals surface area (Å²) in [5.41, 5.74) is 2.56. The fourth-order valence-corrected chi connectivity index (χ4v) is 19.3. The third kappa shape index (κ3) is 5.10. The normalized spacial score (nSPS) is 32.4. The summed E-state index contributed by atoms with van der Waals surface area (Å²) in [6.45, 7) is 5.06. The van der Waals surface area contributed by atoms with Gasteiger partial charge in [0, 0.05) is 81.6 Å². The van der Waals surface area contributed by atoms with Crippen molar-refractivity contribution >= 4 is 90.2 Å². The lowest BCUT2D eigenvalue weighted by Crippen LogP contribution is -2.48. The number of amides is 4. The van der Waals surface area contributed by atoms with E-state index in [1.807, 2.05) is 35.7 Å². The summed E-state index contributed by atoms with van der Waals surface area (Å²) < 4.78 is 0.238. The highest BCUT2D eigenvalue weighted by molar-refractivity contribution is 8.01. The van der Waals surface area contributed by atoms with Crippen LogP contribution in [0.4, 0.5) is 0 Å². The van der Waals surface area contributed by atoms with E-state index < -0.39 is 0 Å². The van der Waals surface area contributed by atoms with E-state index in [1.165, 1.54) is 81.9 Å². The maximum Gasteiger partial charge on any atom is 0.261 e. The van der Waals surface area contributed by atoms with Crippen LogP contribution in [0.3, 0.4) is 0 Å².